The summed E-state index contributed by atoms with van der Waals surface area (Å²) in [6, 6.07) is 4.57. The molecule has 2 rings (SSSR count). The number of carbonyl (C=O) groups is 1. The zero-order chi connectivity index (χ0) is 13.2. The number of morpholine rings is 1. The highest BCUT2D eigenvalue weighted by atomic mass is 32.2. The van der Waals surface area contributed by atoms with Gasteiger partial charge >= 0.3 is 0 Å². The smallest absolute Gasteiger partial charge is 0.175 e. The minimum atomic E-state index is -3.26. The number of anilines is 1. The predicted octanol–water partition coefficient (Wildman–Crippen LogP) is 0.739. The molecule has 18 heavy (non-hydrogen) atoms. The summed E-state index contributed by atoms with van der Waals surface area (Å²) >= 11 is 0. The molecule has 1 aromatic rings. The fraction of sp³-hybridized carbons (Fsp3) is 0.417. The molecule has 0 saturated carbocycles. The monoisotopic (exact) mass is 269 g/mol. The van der Waals surface area contributed by atoms with E-state index in [1.807, 2.05) is 4.90 Å². The largest absolute Gasteiger partial charge is 0.378 e. The van der Waals surface area contributed by atoms with E-state index < -0.39 is 9.84 Å². The number of rotatable bonds is 3. The summed E-state index contributed by atoms with van der Waals surface area (Å²) in [5.41, 5.74) is 1.17. The molecule has 0 unspecified atom stereocenters. The molecule has 0 N–H and O–H groups in total. The van der Waals surface area contributed by atoms with Gasteiger partial charge in [0.25, 0.3) is 0 Å². The number of hydrogen-bond acceptors (Lipinski definition) is 5. The van der Waals surface area contributed by atoms with Gasteiger partial charge in [0.15, 0.2) is 16.1 Å². The summed E-state index contributed by atoms with van der Waals surface area (Å²) in [7, 11) is -3.26. The molecule has 0 bridgehead atoms. The van der Waals surface area contributed by atoms with E-state index >= 15 is 0 Å². The zero-order valence-corrected chi connectivity index (χ0v) is 10.9. The van der Waals surface area contributed by atoms with Gasteiger partial charge in [-0.05, 0) is 18.2 Å². The molecule has 1 aliphatic heterocycles. The second-order valence-corrected chi connectivity index (χ2v) is 6.23. The van der Waals surface area contributed by atoms with E-state index in [-0.39, 0.29) is 4.90 Å². The lowest BCUT2D eigenvalue weighted by atomic mass is 10.1. The van der Waals surface area contributed by atoms with Crippen molar-refractivity contribution in [3.05, 3.63) is 23.8 Å². The molecule has 0 atom stereocenters. The van der Waals surface area contributed by atoms with Gasteiger partial charge in [0.05, 0.1) is 18.1 Å². The van der Waals surface area contributed by atoms with Crippen molar-refractivity contribution < 1.29 is 17.9 Å². The van der Waals surface area contributed by atoms with E-state index in [1.165, 1.54) is 6.07 Å². The summed E-state index contributed by atoms with van der Waals surface area (Å²) < 4.78 is 28.3. The molecule has 0 radical (unpaired) electrons. The van der Waals surface area contributed by atoms with Gasteiger partial charge in [-0.1, -0.05) is 0 Å². The lowest BCUT2D eigenvalue weighted by Crippen LogP contribution is -2.36. The third-order valence-corrected chi connectivity index (χ3v) is 4.02. The lowest BCUT2D eigenvalue weighted by molar-refractivity contribution is 0.111. The Hall–Kier alpha value is -1.40. The molecule has 0 amide bonds. The van der Waals surface area contributed by atoms with Gasteiger partial charge in [-0.15, -0.1) is 0 Å². The highest BCUT2D eigenvalue weighted by Crippen LogP contribution is 2.24. The van der Waals surface area contributed by atoms with Gasteiger partial charge in [0, 0.05) is 30.6 Å². The quantitative estimate of drug-likeness (QED) is 0.757. The van der Waals surface area contributed by atoms with Crippen LogP contribution in [0.15, 0.2) is 23.1 Å². The van der Waals surface area contributed by atoms with E-state index in [4.69, 9.17) is 4.74 Å². The lowest BCUT2D eigenvalue weighted by Gasteiger charge is -2.30. The van der Waals surface area contributed by atoms with Gasteiger partial charge in [0.1, 0.15) is 0 Å². The SMILES string of the molecule is CS(=O)(=O)c1ccc(C=O)c(N2CCOCC2)c1. The van der Waals surface area contributed by atoms with Crippen molar-refractivity contribution in [3.63, 3.8) is 0 Å². The normalized spacial score (nSPS) is 16.6. The molecule has 0 aromatic heterocycles. The Morgan fingerprint density at radius 3 is 2.50 bits per heavy atom. The van der Waals surface area contributed by atoms with E-state index in [1.54, 1.807) is 12.1 Å². The molecule has 1 aromatic carbocycles. The average Bonchev–Trinajstić information content (AvgIpc) is 2.38. The fourth-order valence-electron chi connectivity index (χ4n) is 1.93. The number of carbonyl (C=O) groups excluding carboxylic acids is 1. The minimum Gasteiger partial charge on any atom is -0.378 e. The van der Waals surface area contributed by atoms with Gasteiger partial charge in [-0.2, -0.15) is 0 Å². The van der Waals surface area contributed by atoms with Crippen LogP contribution in [0, 0.1) is 0 Å². The van der Waals surface area contributed by atoms with Crippen molar-refractivity contribution in [1.82, 2.24) is 0 Å². The third-order valence-electron chi connectivity index (χ3n) is 2.91. The molecule has 1 fully saturated rings. The van der Waals surface area contributed by atoms with Crippen LogP contribution in [0.3, 0.4) is 0 Å². The van der Waals surface area contributed by atoms with Crippen LogP contribution in [-0.4, -0.2) is 47.3 Å². The Balaban J connectivity index is 2.45. The second-order valence-electron chi connectivity index (χ2n) is 4.21. The molecule has 1 heterocycles. The van der Waals surface area contributed by atoms with E-state index in [0.717, 1.165) is 12.5 Å². The maximum Gasteiger partial charge on any atom is 0.175 e. The Labute approximate surface area is 106 Å². The fourth-order valence-corrected chi connectivity index (χ4v) is 2.57. The number of aldehydes is 1. The first-order chi connectivity index (χ1) is 8.52. The third kappa shape index (κ3) is 2.70. The molecule has 1 saturated heterocycles. The second kappa shape index (κ2) is 5.07. The van der Waals surface area contributed by atoms with Crippen molar-refractivity contribution in [2.45, 2.75) is 4.90 Å². The first-order valence-corrected chi connectivity index (χ1v) is 7.53. The molecule has 5 nitrogen and oxygen atoms in total. The van der Waals surface area contributed by atoms with Crippen LogP contribution in [0.25, 0.3) is 0 Å². The Morgan fingerprint density at radius 1 is 1.28 bits per heavy atom. The Kier molecular flexibility index (Phi) is 3.68. The van der Waals surface area contributed by atoms with Crippen LogP contribution < -0.4 is 4.90 Å². The van der Waals surface area contributed by atoms with Gasteiger partial charge in [-0.25, -0.2) is 8.42 Å². The van der Waals surface area contributed by atoms with Crippen LogP contribution in [0.5, 0.6) is 0 Å². The van der Waals surface area contributed by atoms with Crippen molar-refractivity contribution in [3.8, 4) is 0 Å². The summed E-state index contributed by atoms with van der Waals surface area (Å²) in [6.07, 6.45) is 1.91. The molecule has 6 heteroatoms. The number of sulfone groups is 1. The maximum absolute atomic E-state index is 11.5. The number of benzene rings is 1. The van der Waals surface area contributed by atoms with E-state index in [0.29, 0.717) is 37.6 Å². The Bertz CT molecular complexity index is 547. The van der Waals surface area contributed by atoms with Gasteiger partial charge < -0.3 is 9.64 Å². The zero-order valence-electron chi connectivity index (χ0n) is 10.1. The molecule has 0 spiro atoms. The number of hydrogen-bond donors (Lipinski definition) is 0. The van der Waals surface area contributed by atoms with Crippen molar-refractivity contribution in [1.29, 1.82) is 0 Å². The first-order valence-electron chi connectivity index (χ1n) is 5.64. The van der Waals surface area contributed by atoms with Crippen LogP contribution in [0.4, 0.5) is 5.69 Å². The van der Waals surface area contributed by atoms with Crippen molar-refractivity contribution >= 4 is 21.8 Å². The van der Waals surface area contributed by atoms with Crippen LogP contribution in [0.1, 0.15) is 10.4 Å². The average molecular weight is 269 g/mol. The van der Waals surface area contributed by atoms with Crippen molar-refractivity contribution in [2.75, 3.05) is 37.5 Å². The maximum atomic E-state index is 11.5. The van der Waals surface area contributed by atoms with E-state index in [9.17, 15) is 13.2 Å². The molecule has 0 aliphatic carbocycles. The van der Waals surface area contributed by atoms with Gasteiger partial charge in [0.2, 0.25) is 0 Å². The van der Waals surface area contributed by atoms with Crippen LogP contribution >= 0.6 is 0 Å². The number of nitrogens with zero attached hydrogens (tertiary/aromatic N) is 1. The minimum absolute atomic E-state index is 0.231. The highest BCUT2D eigenvalue weighted by Gasteiger charge is 2.17. The van der Waals surface area contributed by atoms with Gasteiger partial charge in [-0.3, -0.25) is 4.79 Å². The summed E-state index contributed by atoms with van der Waals surface area (Å²) in [4.78, 5) is 13.2. The summed E-state index contributed by atoms with van der Waals surface area (Å²) in [6.45, 7) is 2.49. The molecular formula is C12H15NO4S. The van der Waals surface area contributed by atoms with E-state index in [2.05, 4.69) is 0 Å². The molecule has 1 aliphatic rings. The van der Waals surface area contributed by atoms with Crippen LogP contribution in [-0.2, 0) is 14.6 Å². The summed E-state index contributed by atoms with van der Waals surface area (Å²) in [5, 5.41) is 0. The highest BCUT2D eigenvalue weighted by molar-refractivity contribution is 7.90. The Morgan fingerprint density at radius 2 is 1.94 bits per heavy atom. The van der Waals surface area contributed by atoms with Crippen LogP contribution in [0.2, 0.25) is 0 Å². The standard InChI is InChI=1S/C12H15NO4S/c1-18(15,16)11-3-2-10(9-14)12(8-11)13-4-6-17-7-5-13/h2-3,8-9H,4-7H2,1H3. The molecular weight excluding hydrogens is 254 g/mol. The first kappa shape index (κ1) is 13.0. The molecule has 98 valence electrons. The number of ether oxygens (including phenoxy) is 1. The predicted molar refractivity (Wildman–Crippen MR) is 68.0 cm³/mol. The summed E-state index contributed by atoms with van der Waals surface area (Å²) in [5.74, 6) is 0. The van der Waals surface area contributed by atoms with Crippen molar-refractivity contribution in [2.24, 2.45) is 0 Å². The topological polar surface area (TPSA) is 63.7 Å².